The molecule has 0 atom stereocenters. The molecule has 19 heavy (non-hydrogen) atoms. The number of thiocarbonyl (C=S) groups is 1. The summed E-state index contributed by atoms with van der Waals surface area (Å²) < 4.78 is 27.2. The standard InChI is InChI=1S/C13H20N2O2S2/c1-5-13(3,4)15-19(16,17)10-6-7-11(12(14)18)9(2)8-10/h6-8,15H,5H2,1-4H3,(H2,14,18). The van der Waals surface area contributed by atoms with E-state index in [1.807, 2.05) is 20.8 Å². The molecule has 0 aromatic heterocycles. The second kappa shape index (κ2) is 5.56. The summed E-state index contributed by atoms with van der Waals surface area (Å²) in [4.78, 5) is 0.495. The maximum atomic E-state index is 12.3. The zero-order valence-corrected chi connectivity index (χ0v) is 13.3. The van der Waals surface area contributed by atoms with Gasteiger partial charge in [-0.05, 0) is 44.9 Å². The first kappa shape index (κ1) is 16.1. The Morgan fingerprint density at radius 1 is 1.42 bits per heavy atom. The van der Waals surface area contributed by atoms with Crippen LogP contribution in [0.5, 0.6) is 0 Å². The number of hydrogen-bond acceptors (Lipinski definition) is 3. The van der Waals surface area contributed by atoms with E-state index in [9.17, 15) is 8.42 Å². The van der Waals surface area contributed by atoms with E-state index in [1.54, 1.807) is 19.1 Å². The Hall–Kier alpha value is -0.980. The number of nitrogens with one attached hydrogen (secondary N) is 1. The second-order valence-electron chi connectivity index (χ2n) is 5.18. The molecule has 106 valence electrons. The average molecular weight is 300 g/mol. The maximum absolute atomic E-state index is 12.3. The summed E-state index contributed by atoms with van der Waals surface area (Å²) in [6, 6.07) is 4.75. The van der Waals surface area contributed by atoms with Gasteiger partial charge in [0.05, 0.1) is 4.90 Å². The number of benzene rings is 1. The van der Waals surface area contributed by atoms with Gasteiger partial charge in [0, 0.05) is 11.1 Å². The largest absolute Gasteiger partial charge is 0.389 e. The molecule has 0 bridgehead atoms. The highest BCUT2D eigenvalue weighted by atomic mass is 32.2. The molecular formula is C13H20N2O2S2. The monoisotopic (exact) mass is 300 g/mol. The van der Waals surface area contributed by atoms with Gasteiger partial charge in [-0.25, -0.2) is 13.1 Å². The van der Waals surface area contributed by atoms with Crippen LogP contribution >= 0.6 is 12.2 Å². The summed E-state index contributed by atoms with van der Waals surface area (Å²) in [6.07, 6.45) is 0.705. The molecule has 0 spiro atoms. The van der Waals surface area contributed by atoms with Crippen molar-refractivity contribution in [3.63, 3.8) is 0 Å². The number of hydrogen-bond donors (Lipinski definition) is 2. The SMILES string of the molecule is CCC(C)(C)NS(=O)(=O)c1ccc(C(N)=S)c(C)c1. The molecule has 0 saturated carbocycles. The van der Waals surface area contributed by atoms with Gasteiger partial charge in [-0.1, -0.05) is 25.2 Å². The lowest BCUT2D eigenvalue weighted by atomic mass is 10.0. The van der Waals surface area contributed by atoms with Gasteiger partial charge >= 0.3 is 0 Å². The molecule has 0 radical (unpaired) electrons. The highest BCUT2D eigenvalue weighted by Crippen LogP contribution is 2.18. The van der Waals surface area contributed by atoms with Crippen LogP contribution in [-0.2, 0) is 10.0 Å². The highest BCUT2D eigenvalue weighted by molar-refractivity contribution is 7.89. The summed E-state index contributed by atoms with van der Waals surface area (Å²) in [5, 5.41) is 0. The van der Waals surface area contributed by atoms with Gasteiger partial charge in [-0.3, -0.25) is 0 Å². The van der Waals surface area contributed by atoms with Gasteiger partial charge in [-0.15, -0.1) is 0 Å². The van der Waals surface area contributed by atoms with Crippen molar-refractivity contribution in [3.8, 4) is 0 Å². The third-order valence-electron chi connectivity index (χ3n) is 3.07. The van der Waals surface area contributed by atoms with Crippen molar-refractivity contribution in [2.24, 2.45) is 5.73 Å². The van der Waals surface area contributed by atoms with Crippen LogP contribution in [-0.4, -0.2) is 18.9 Å². The van der Waals surface area contributed by atoms with E-state index in [0.29, 0.717) is 12.0 Å². The van der Waals surface area contributed by atoms with Crippen molar-refractivity contribution in [1.82, 2.24) is 4.72 Å². The average Bonchev–Trinajstić information content (AvgIpc) is 2.27. The Morgan fingerprint density at radius 3 is 2.42 bits per heavy atom. The van der Waals surface area contributed by atoms with Gasteiger partial charge in [0.1, 0.15) is 4.99 Å². The molecule has 1 aromatic rings. The van der Waals surface area contributed by atoms with E-state index in [1.165, 1.54) is 6.07 Å². The Balaban J connectivity index is 3.17. The molecule has 6 heteroatoms. The number of sulfonamides is 1. The third-order valence-corrected chi connectivity index (χ3v) is 4.98. The number of aryl methyl sites for hydroxylation is 1. The van der Waals surface area contributed by atoms with Crippen molar-refractivity contribution in [3.05, 3.63) is 29.3 Å². The Bertz CT molecular complexity index is 593. The summed E-state index contributed by atoms with van der Waals surface area (Å²) in [6.45, 7) is 7.42. The molecule has 0 amide bonds. The van der Waals surface area contributed by atoms with Gasteiger partial charge < -0.3 is 5.73 Å². The van der Waals surface area contributed by atoms with Crippen LogP contribution in [0, 0.1) is 6.92 Å². The van der Waals surface area contributed by atoms with Crippen molar-refractivity contribution in [2.45, 2.75) is 44.6 Å². The van der Waals surface area contributed by atoms with Gasteiger partial charge in [-0.2, -0.15) is 0 Å². The summed E-state index contributed by atoms with van der Waals surface area (Å²) >= 11 is 4.91. The van der Waals surface area contributed by atoms with Crippen LogP contribution in [0.2, 0.25) is 0 Å². The predicted octanol–water partition coefficient (Wildman–Crippen LogP) is 2.10. The van der Waals surface area contributed by atoms with Gasteiger partial charge in [0.2, 0.25) is 10.0 Å². The van der Waals surface area contributed by atoms with E-state index >= 15 is 0 Å². The van der Waals surface area contributed by atoms with Crippen LogP contribution in [0.1, 0.15) is 38.3 Å². The molecular weight excluding hydrogens is 280 g/mol. The van der Waals surface area contributed by atoms with Gasteiger partial charge in [0.15, 0.2) is 0 Å². The second-order valence-corrected chi connectivity index (χ2v) is 7.31. The fourth-order valence-electron chi connectivity index (χ4n) is 1.57. The number of nitrogens with two attached hydrogens (primary N) is 1. The van der Waals surface area contributed by atoms with Crippen LogP contribution < -0.4 is 10.5 Å². The van der Waals surface area contributed by atoms with Crippen LogP contribution in [0.25, 0.3) is 0 Å². The lowest BCUT2D eigenvalue weighted by Crippen LogP contribution is -2.42. The summed E-state index contributed by atoms with van der Waals surface area (Å²) in [7, 11) is -3.53. The van der Waals surface area contributed by atoms with Crippen LogP contribution in [0.4, 0.5) is 0 Å². The van der Waals surface area contributed by atoms with E-state index in [2.05, 4.69) is 4.72 Å². The Kier molecular flexibility index (Phi) is 4.71. The smallest absolute Gasteiger partial charge is 0.241 e. The quantitative estimate of drug-likeness (QED) is 0.817. The Labute approximate surface area is 120 Å². The minimum atomic E-state index is -3.53. The van der Waals surface area contributed by atoms with Crippen LogP contribution in [0.15, 0.2) is 23.1 Å². The zero-order chi connectivity index (χ0) is 14.8. The molecule has 0 aliphatic heterocycles. The molecule has 0 aliphatic rings. The molecule has 0 unspecified atom stereocenters. The predicted molar refractivity (Wildman–Crippen MR) is 81.8 cm³/mol. The third kappa shape index (κ3) is 3.99. The first-order chi connectivity index (χ1) is 8.59. The molecule has 3 N–H and O–H groups in total. The summed E-state index contributed by atoms with van der Waals surface area (Å²) in [5.74, 6) is 0. The van der Waals surface area contributed by atoms with E-state index in [-0.39, 0.29) is 9.88 Å². The van der Waals surface area contributed by atoms with Crippen molar-refractivity contribution < 1.29 is 8.42 Å². The molecule has 0 heterocycles. The minimum absolute atomic E-state index is 0.228. The first-order valence-corrected chi connectivity index (χ1v) is 7.92. The summed E-state index contributed by atoms with van der Waals surface area (Å²) in [5.41, 5.74) is 6.54. The molecule has 4 nitrogen and oxygen atoms in total. The van der Waals surface area contributed by atoms with Crippen molar-refractivity contribution in [1.29, 1.82) is 0 Å². The molecule has 0 fully saturated rings. The van der Waals surface area contributed by atoms with Crippen molar-refractivity contribution >= 4 is 27.2 Å². The van der Waals surface area contributed by atoms with Crippen LogP contribution in [0.3, 0.4) is 0 Å². The zero-order valence-electron chi connectivity index (χ0n) is 11.6. The topological polar surface area (TPSA) is 72.2 Å². The maximum Gasteiger partial charge on any atom is 0.241 e. The van der Waals surface area contributed by atoms with Gasteiger partial charge in [0.25, 0.3) is 0 Å². The molecule has 1 rings (SSSR count). The molecule has 0 aliphatic carbocycles. The first-order valence-electron chi connectivity index (χ1n) is 6.03. The van der Waals surface area contributed by atoms with E-state index in [0.717, 1.165) is 5.56 Å². The fraction of sp³-hybridized carbons (Fsp3) is 0.462. The fourth-order valence-corrected chi connectivity index (χ4v) is 3.37. The Morgan fingerprint density at radius 2 is 2.00 bits per heavy atom. The van der Waals surface area contributed by atoms with E-state index < -0.39 is 15.6 Å². The van der Waals surface area contributed by atoms with Crippen molar-refractivity contribution in [2.75, 3.05) is 0 Å². The minimum Gasteiger partial charge on any atom is -0.389 e. The lowest BCUT2D eigenvalue weighted by molar-refractivity contribution is 0.439. The highest BCUT2D eigenvalue weighted by Gasteiger charge is 2.24. The van der Waals surface area contributed by atoms with E-state index in [4.69, 9.17) is 18.0 Å². The lowest BCUT2D eigenvalue weighted by Gasteiger charge is -2.24. The molecule has 0 saturated heterocycles. The number of rotatable bonds is 5. The normalized spacial score (nSPS) is 12.4. The molecule has 1 aromatic carbocycles.